The predicted molar refractivity (Wildman–Crippen MR) is 399 cm³/mol. The first-order valence-corrected chi connectivity index (χ1v) is 34.5. The molecular weight excluding hydrogens is 1340 g/mol. The number of hydrogen-bond acceptors (Lipinski definition) is 20. The number of anilines is 7. The van der Waals surface area contributed by atoms with Crippen molar-refractivity contribution in [2.24, 2.45) is 0 Å². The lowest BCUT2D eigenvalue weighted by Gasteiger charge is -2.37. The number of nitrogens with zero attached hydrogens (tertiary/aromatic N) is 21. The highest BCUT2D eigenvalue weighted by molar-refractivity contribution is 9.10. The normalized spacial score (nSPS) is 14.2. The van der Waals surface area contributed by atoms with Gasteiger partial charge in [0.1, 0.15) is 40.5 Å². The SMILES string of the molecule is CCCNc1cc(N2CCN(c3ccc(O)cc3)CC2)nc2c(-c3cccnc3)cnn12.Oc1ccc(N2CCN(c3cc(-n4ncc5ccccc54)n4ncc(-c5cccnc5)c4n3)CC2)cc1.Oc1ccc(N2CCN(c3cc(-n4ncc5ccccc54)n4ncc(Br)c4n3)CC2)cc1. The Balaban J connectivity index is 0.000000118. The van der Waals surface area contributed by atoms with Gasteiger partial charge < -0.3 is 50.0 Å². The fraction of sp³-hybridized carbons (Fsp3) is 0.200. The van der Waals surface area contributed by atoms with Crippen LogP contribution in [-0.2, 0) is 0 Å². The van der Waals surface area contributed by atoms with Crippen molar-refractivity contribution in [1.82, 2.24) is 73.3 Å². The zero-order valence-electron chi connectivity index (χ0n) is 55.3. The van der Waals surface area contributed by atoms with Crippen LogP contribution in [0.25, 0.3) is 72.6 Å². The Morgan fingerprint density at radius 2 is 0.772 bits per heavy atom. The van der Waals surface area contributed by atoms with Crippen LogP contribution < -0.4 is 34.7 Å². The van der Waals surface area contributed by atoms with E-state index in [0.29, 0.717) is 5.75 Å². The van der Waals surface area contributed by atoms with E-state index in [1.807, 2.05) is 145 Å². The molecule has 0 bridgehead atoms. The Kier molecular flexibility index (Phi) is 17.5. The Labute approximate surface area is 588 Å². The van der Waals surface area contributed by atoms with Crippen LogP contribution >= 0.6 is 15.9 Å². The fourth-order valence-corrected chi connectivity index (χ4v) is 13.6. The Morgan fingerprint density at radius 1 is 0.386 bits per heavy atom. The maximum absolute atomic E-state index is 9.64. The average molecular weight is 1410 g/mol. The van der Waals surface area contributed by atoms with Gasteiger partial charge in [0.2, 0.25) is 0 Å². The van der Waals surface area contributed by atoms with Gasteiger partial charge >= 0.3 is 0 Å². The maximum Gasteiger partial charge on any atom is 0.173 e. The van der Waals surface area contributed by atoms with E-state index in [1.165, 1.54) is 0 Å². The number of halogens is 1. The average Bonchev–Trinajstić information content (AvgIpc) is 1.63. The van der Waals surface area contributed by atoms with Crippen molar-refractivity contribution in [1.29, 1.82) is 0 Å². The second-order valence-corrected chi connectivity index (χ2v) is 25.7. The molecule has 0 unspecified atom stereocenters. The summed E-state index contributed by atoms with van der Waals surface area (Å²) in [5.74, 6) is 6.22. The minimum absolute atomic E-state index is 0.281. The van der Waals surface area contributed by atoms with Gasteiger partial charge in [0.25, 0.3) is 0 Å². The van der Waals surface area contributed by atoms with Gasteiger partial charge in [-0.25, -0.2) is 24.3 Å². The van der Waals surface area contributed by atoms with Gasteiger partial charge in [-0.1, -0.05) is 55.5 Å². The van der Waals surface area contributed by atoms with Crippen molar-refractivity contribution in [2.75, 3.05) is 120 Å². The molecule has 3 fully saturated rings. The first-order valence-electron chi connectivity index (χ1n) is 33.7. The van der Waals surface area contributed by atoms with Crippen LogP contribution in [0.3, 0.4) is 0 Å². The molecule has 18 rings (SSSR count). The molecule has 3 saturated heterocycles. The van der Waals surface area contributed by atoms with Crippen molar-refractivity contribution in [3.8, 4) is 51.1 Å². The number of phenols is 3. The van der Waals surface area contributed by atoms with Crippen LogP contribution in [0.15, 0.2) is 224 Å². The van der Waals surface area contributed by atoms with Crippen LogP contribution in [0, 0.1) is 0 Å². The third kappa shape index (κ3) is 13.0. The van der Waals surface area contributed by atoms with Gasteiger partial charge in [-0.15, -0.1) is 0 Å². The van der Waals surface area contributed by atoms with Crippen molar-refractivity contribution in [3.63, 3.8) is 0 Å². The van der Waals surface area contributed by atoms with E-state index >= 15 is 0 Å². The first kappa shape index (κ1) is 63.4. The van der Waals surface area contributed by atoms with Gasteiger partial charge in [-0.2, -0.15) is 39.0 Å². The van der Waals surface area contributed by atoms with E-state index < -0.39 is 0 Å². The predicted octanol–water partition coefficient (Wildman–Crippen LogP) is 11.7. The van der Waals surface area contributed by atoms with E-state index in [2.05, 4.69) is 125 Å². The first-order chi connectivity index (χ1) is 49.6. The highest BCUT2D eigenvalue weighted by Gasteiger charge is 2.27. The van der Waals surface area contributed by atoms with Gasteiger partial charge in [0.05, 0.1) is 46.5 Å². The lowest BCUT2D eigenvalue weighted by molar-refractivity contribution is 0.474. The number of rotatable bonds is 13. The number of pyridine rings is 2. The number of benzene rings is 5. The van der Waals surface area contributed by atoms with Gasteiger partial charge in [-0.3, -0.25) is 9.97 Å². The molecule has 4 N–H and O–H groups in total. The molecule has 0 amide bonds. The number of aromatic nitrogens is 15. The summed E-state index contributed by atoms with van der Waals surface area (Å²) in [7, 11) is 0. The molecule has 101 heavy (non-hydrogen) atoms. The molecule has 506 valence electrons. The molecule has 3 aliphatic heterocycles. The van der Waals surface area contributed by atoms with Gasteiger partial charge in [0.15, 0.2) is 28.6 Å². The zero-order valence-corrected chi connectivity index (χ0v) is 56.9. The number of phenolic OH excluding ortho intramolecular Hbond substituents is 3. The third-order valence-electron chi connectivity index (χ3n) is 18.6. The van der Waals surface area contributed by atoms with E-state index in [0.717, 1.165) is 209 Å². The fourth-order valence-electron chi connectivity index (χ4n) is 13.3. The van der Waals surface area contributed by atoms with Crippen LogP contribution in [0.4, 0.5) is 40.3 Å². The smallest absolute Gasteiger partial charge is 0.173 e. The molecule has 5 aromatic carbocycles. The van der Waals surface area contributed by atoms with Gasteiger partial charge in [-0.05, 0) is 119 Å². The van der Waals surface area contributed by atoms with Crippen LogP contribution in [0.1, 0.15) is 13.3 Å². The molecule has 0 aliphatic carbocycles. The van der Waals surface area contributed by atoms with E-state index in [-0.39, 0.29) is 11.5 Å². The minimum Gasteiger partial charge on any atom is -0.508 e. The monoisotopic (exact) mass is 1410 g/mol. The van der Waals surface area contributed by atoms with Crippen LogP contribution in [-0.4, -0.2) is 174 Å². The maximum atomic E-state index is 9.64. The van der Waals surface area contributed by atoms with E-state index in [9.17, 15) is 15.3 Å². The largest absolute Gasteiger partial charge is 0.508 e. The van der Waals surface area contributed by atoms with Crippen molar-refractivity contribution < 1.29 is 15.3 Å². The van der Waals surface area contributed by atoms with E-state index in [4.69, 9.17) is 25.1 Å². The summed E-state index contributed by atoms with van der Waals surface area (Å²) in [6.07, 6.45) is 17.5. The Morgan fingerprint density at radius 3 is 1.21 bits per heavy atom. The molecular formula is C75H71BrN22O3. The summed E-state index contributed by atoms with van der Waals surface area (Å²) in [4.78, 5) is 37.5. The Bertz CT molecular complexity index is 5350. The molecule has 26 heteroatoms. The zero-order chi connectivity index (χ0) is 68.3. The summed E-state index contributed by atoms with van der Waals surface area (Å²) in [6, 6.07) is 52.6. The third-order valence-corrected chi connectivity index (χ3v) is 19.2. The molecule has 25 nitrogen and oxygen atoms in total. The number of piperazine rings is 3. The standard InChI is InChI=1S/C28H24N8O.C24H27N7O.C23H20BrN7O/c37-23-9-7-22(8-10-23)33-12-14-34(15-13-33)26-16-27(35-25-6-2-1-4-21(25)18-30-35)36-28(32-26)24(19-31-36)20-5-3-11-29-17-20;1-2-9-26-22-15-23(28-24-21(17-27-31(22)24)18-4-3-10-25-16-18)30-13-11-29(12-14-30)19-5-7-20(32)8-6-19;24-19-15-26-31-22(30-20-4-2-1-3-16(20)14-25-30)13-21(27-23(19)31)29-11-9-28(10-12-29)17-5-7-18(32)8-6-17/h1-11,16-19,37H,12-15H2;3-8,10,15-17,26,32H,2,9,11-14H2,1H3;1-8,13-15,32H,9-12H2. The molecule has 10 aromatic heterocycles. The van der Waals surface area contributed by atoms with Crippen LogP contribution in [0.5, 0.6) is 17.2 Å². The number of aromatic hydroxyl groups is 3. The van der Waals surface area contributed by atoms with Crippen molar-refractivity contribution in [3.05, 3.63) is 224 Å². The topological polar surface area (TPSA) is 244 Å². The number of hydrogen-bond donors (Lipinski definition) is 4. The highest BCUT2D eigenvalue weighted by atomic mass is 79.9. The Hall–Kier alpha value is -12.3. The summed E-state index contributed by atoms with van der Waals surface area (Å²) in [6.45, 7) is 13.3. The quantitative estimate of drug-likeness (QED) is 0.0838. The second kappa shape index (κ2) is 27.9. The lowest BCUT2D eigenvalue weighted by atomic mass is 10.1. The number of para-hydroxylation sites is 2. The molecule has 3 aliphatic rings. The molecule has 13 heterocycles. The number of nitrogens with one attached hydrogen (secondary N) is 1. The lowest BCUT2D eigenvalue weighted by Crippen LogP contribution is -2.46. The highest BCUT2D eigenvalue weighted by Crippen LogP contribution is 2.34. The molecule has 0 atom stereocenters. The van der Waals surface area contributed by atoms with Gasteiger partial charge in [0, 0.05) is 178 Å². The van der Waals surface area contributed by atoms with Crippen molar-refractivity contribution >= 4 is 95.0 Å². The summed E-state index contributed by atoms with van der Waals surface area (Å²) in [5.41, 5.74) is 11.6. The van der Waals surface area contributed by atoms with Crippen molar-refractivity contribution in [2.45, 2.75) is 13.3 Å². The second-order valence-electron chi connectivity index (χ2n) is 24.9. The summed E-state index contributed by atoms with van der Waals surface area (Å²) in [5, 5.41) is 57.6. The minimum atomic E-state index is 0.281. The van der Waals surface area contributed by atoms with E-state index in [1.54, 1.807) is 55.0 Å². The molecule has 15 aromatic rings. The summed E-state index contributed by atoms with van der Waals surface area (Å²) < 4.78 is 10.3. The molecule has 0 spiro atoms. The summed E-state index contributed by atoms with van der Waals surface area (Å²) >= 11 is 3.60. The number of fused-ring (bicyclic) bond motifs is 5. The van der Waals surface area contributed by atoms with Crippen LogP contribution in [0.2, 0.25) is 0 Å². The molecule has 0 saturated carbocycles. The molecule has 0 radical (unpaired) electrons.